The number of Topliss-reactive ketones (excluding diaryl/α,β-unsaturated/α-hetero) is 1. The fourth-order valence-corrected chi connectivity index (χ4v) is 4.69. The number of thiophene rings is 1. The highest BCUT2D eigenvalue weighted by Crippen LogP contribution is 2.45. The second-order valence-electron chi connectivity index (χ2n) is 6.74. The summed E-state index contributed by atoms with van der Waals surface area (Å²) in [5.74, 6) is -0.933. The van der Waals surface area contributed by atoms with E-state index in [1.54, 1.807) is 48.5 Å². The number of ketones is 1. The number of rotatable bonds is 5. The zero-order chi connectivity index (χ0) is 20.8. The first kappa shape index (κ1) is 20.4. The Balaban J connectivity index is 1.71. The lowest BCUT2D eigenvalue weighted by Crippen LogP contribution is -2.41. The number of carbonyl (C=O) groups excluding carboxylic acids is 2. The molecule has 0 bridgehead atoms. The summed E-state index contributed by atoms with van der Waals surface area (Å²) in [6, 6.07) is 15.1. The van der Waals surface area contributed by atoms with Crippen LogP contribution in [0.1, 0.15) is 27.2 Å². The second kappa shape index (κ2) is 7.74. The van der Waals surface area contributed by atoms with Crippen LogP contribution >= 0.6 is 46.1 Å². The summed E-state index contributed by atoms with van der Waals surface area (Å²) in [5, 5.41) is 12.3. The van der Waals surface area contributed by atoms with Crippen molar-refractivity contribution in [2.24, 2.45) is 0 Å². The van der Waals surface area contributed by atoms with Crippen molar-refractivity contribution in [3.8, 4) is 0 Å². The van der Waals surface area contributed by atoms with E-state index >= 15 is 0 Å². The van der Waals surface area contributed by atoms with Crippen LogP contribution in [0.4, 0.5) is 5.69 Å². The van der Waals surface area contributed by atoms with Crippen LogP contribution in [0, 0.1) is 0 Å². The number of nitrogens with zero attached hydrogens (tertiary/aromatic N) is 1. The molecule has 4 rings (SSSR count). The van der Waals surface area contributed by atoms with Crippen molar-refractivity contribution in [1.29, 1.82) is 0 Å². The number of amides is 1. The van der Waals surface area contributed by atoms with E-state index in [0.717, 1.165) is 16.9 Å². The van der Waals surface area contributed by atoms with Gasteiger partial charge in [0.25, 0.3) is 5.91 Å². The number of anilines is 1. The van der Waals surface area contributed by atoms with E-state index in [4.69, 9.17) is 34.8 Å². The summed E-state index contributed by atoms with van der Waals surface area (Å²) in [6.45, 7) is 0.228. The Bertz CT molecular complexity index is 1110. The molecule has 1 N–H and O–H groups in total. The van der Waals surface area contributed by atoms with Gasteiger partial charge in [0, 0.05) is 15.6 Å². The number of hydrogen-bond acceptors (Lipinski definition) is 4. The fourth-order valence-electron chi connectivity index (χ4n) is 3.41. The molecule has 0 spiro atoms. The first-order valence-electron chi connectivity index (χ1n) is 8.65. The van der Waals surface area contributed by atoms with Gasteiger partial charge in [-0.05, 0) is 48.0 Å². The van der Waals surface area contributed by atoms with Gasteiger partial charge in [0.2, 0.25) is 0 Å². The molecule has 0 saturated carbocycles. The summed E-state index contributed by atoms with van der Waals surface area (Å²) in [7, 11) is 0. The van der Waals surface area contributed by atoms with Gasteiger partial charge in [-0.25, -0.2) is 0 Å². The first-order valence-corrected chi connectivity index (χ1v) is 10.6. The standard InChI is InChI=1S/C21H14Cl3NO3S/c22-13-3-1-12(2-4-13)11-25-16-6-5-14(23)9-15(16)21(28,20(25)27)10-17(26)18-7-8-19(24)29-18/h1-9,28H,10-11H2. The fraction of sp³-hybridized carbons (Fsp3) is 0.143. The van der Waals surface area contributed by atoms with Crippen LogP contribution in [0.5, 0.6) is 0 Å². The van der Waals surface area contributed by atoms with Crippen LogP contribution in [0.3, 0.4) is 0 Å². The highest BCUT2D eigenvalue weighted by atomic mass is 35.5. The van der Waals surface area contributed by atoms with Crippen molar-refractivity contribution in [1.82, 2.24) is 0 Å². The van der Waals surface area contributed by atoms with E-state index in [1.165, 1.54) is 11.0 Å². The third kappa shape index (κ3) is 3.81. The quantitative estimate of drug-likeness (QED) is 0.490. The predicted molar refractivity (Wildman–Crippen MR) is 116 cm³/mol. The van der Waals surface area contributed by atoms with Gasteiger partial charge in [0.1, 0.15) is 0 Å². The van der Waals surface area contributed by atoms with Gasteiger partial charge in [-0.3, -0.25) is 9.59 Å². The maximum absolute atomic E-state index is 13.3. The summed E-state index contributed by atoms with van der Waals surface area (Å²) < 4.78 is 0.464. The molecule has 0 saturated heterocycles. The van der Waals surface area contributed by atoms with Crippen molar-refractivity contribution in [2.75, 3.05) is 4.90 Å². The lowest BCUT2D eigenvalue weighted by Gasteiger charge is -2.22. The number of aliphatic hydroxyl groups is 1. The molecule has 0 aliphatic carbocycles. The normalized spacial score (nSPS) is 18.2. The smallest absolute Gasteiger partial charge is 0.264 e. The Morgan fingerprint density at radius 1 is 1.00 bits per heavy atom. The number of hydrogen-bond donors (Lipinski definition) is 1. The highest BCUT2D eigenvalue weighted by Gasteiger charge is 2.51. The number of halogens is 3. The molecule has 1 amide bonds. The molecular formula is C21H14Cl3NO3S. The van der Waals surface area contributed by atoms with Crippen LogP contribution in [0.15, 0.2) is 54.6 Å². The Labute approximate surface area is 186 Å². The Kier molecular flexibility index (Phi) is 5.44. The Morgan fingerprint density at radius 3 is 2.34 bits per heavy atom. The van der Waals surface area contributed by atoms with Gasteiger partial charge < -0.3 is 10.0 Å². The van der Waals surface area contributed by atoms with E-state index in [9.17, 15) is 14.7 Å². The minimum absolute atomic E-state index is 0.228. The second-order valence-corrected chi connectivity index (χ2v) is 9.33. The highest BCUT2D eigenvalue weighted by molar-refractivity contribution is 7.18. The van der Waals surface area contributed by atoms with E-state index < -0.39 is 17.9 Å². The number of carbonyl (C=O) groups is 2. The Hall–Kier alpha value is -1.89. The molecule has 1 aromatic heterocycles. The average Bonchev–Trinajstić information content (AvgIpc) is 3.20. The maximum Gasteiger partial charge on any atom is 0.264 e. The summed E-state index contributed by atoms with van der Waals surface area (Å²) >= 11 is 19.1. The van der Waals surface area contributed by atoms with Gasteiger partial charge in [0.15, 0.2) is 11.4 Å². The van der Waals surface area contributed by atoms with E-state index in [2.05, 4.69) is 0 Å². The van der Waals surface area contributed by atoms with Crippen molar-refractivity contribution in [2.45, 2.75) is 18.6 Å². The average molecular weight is 467 g/mol. The summed E-state index contributed by atoms with van der Waals surface area (Å²) in [6.07, 6.45) is -0.396. The van der Waals surface area contributed by atoms with Gasteiger partial charge in [0.05, 0.1) is 27.9 Å². The molecule has 29 heavy (non-hydrogen) atoms. The van der Waals surface area contributed by atoms with E-state index in [1.807, 2.05) is 0 Å². The first-order chi connectivity index (χ1) is 13.8. The molecule has 2 heterocycles. The summed E-state index contributed by atoms with van der Waals surface area (Å²) in [5.41, 5.74) is -0.321. The minimum atomic E-state index is -2.00. The predicted octanol–water partition coefficient (Wildman–Crippen LogP) is 5.72. The topological polar surface area (TPSA) is 57.6 Å². The molecule has 0 fully saturated rings. The molecular weight excluding hydrogens is 453 g/mol. The van der Waals surface area contributed by atoms with Crippen LogP contribution in [-0.4, -0.2) is 16.8 Å². The zero-order valence-corrected chi connectivity index (χ0v) is 17.9. The maximum atomic E-state index is 13.3. The molecule has 1 aliphatic heterocycles. The van der Waals surface area contributed by atoms with Crippen LogP contribution in [0.2, 0.25) is 14.4 Å². The SMILES string of the molecule is O=C(CC1(O)C(=O)N(Cc2ccc(Cl)cc2)c2ccc(Cl)cc21)c1ccc(Cl)s1. The Morgan fingerprint density at radius 2 is 1.69 bits per heavy atom. The van der Waals surface area contributed by atoms with Crippen molar-refractivity contribution in [3.05, 3.63) is 85.0 Å². The molecule has 0 radical (unpaired) electrons. The monoisotopic (exact) mass is 465 g/mol. The van der Waals surface area contributed by atoms with Gasteiger partial charge in [-0.1, -0.05) is 46.9 Å². The number of fused-ring (bicyclic) bond motifs is 1. The lowest BCUT2D eigenvalue weighted by atomic mass is 9.89. The van der Waals surface area contributed by atoms with Gasteiger partial charge >= 0.3 is 0 Å². The molecule has 3 aromatic rings. The van der Waals surface area contributed by atoms with Gasteiger partial charge in [-0.2, -0.15) is 0 Å². The molecule has 1 aliphatic rings. The molecule has 8 heteroatoms. The van der Waals surface area contributed by atoms with Crippen LogP contribution in [0.25, 0.3) is 0 Å². The molecule has 2 aromatic carbocycles. The third-order valence-corrected chi connectivity index (χ3v) is 6.57. The van der Waals surface area contributed by atoms with E-state index in [-0.39, 0.29) is 12.3 Å². The van der Waals surface area contributed by atoms with E-state index in [0.29, 0.717) is 30.5 Å². The minimum Gasteiger partial charge on any atom is -0.375 e. The zero-order valence-electron chi connectivity index (χ0n) is 14.9. The van der Waals surface area contributed by atoms with Crippen molar-refractivity contribution >= 4 is 63.5 Å². The van der Waals surface area contributed by atoms with Crippen molar-refractivity contribution in [3.63, 3.8) is 0 Å². The number of benzene rings is 2. The molecule has 1 atom stereocenters. The summed E-state index contributed by atoms with van der Waals surface area (Å²) in [4.78, 5) is 27.9. The largest absolute Gasteiger partial charge is 0.375 e. The molecule has 4 nitrogen and oxygen atoms in total. The van der Waals surface area contributed by atoms with Crippen LogP contribution < -0.4 is 4.90 Å². The van der Waals surface area contributed by atoms with Crippen molar-refractivity contribution < 1.29 is 14.7 Å². The van der Waals surface area contributed by atoms with Crippen LogP contribution in [-0.2, 0) is 16.9 Å². The molecule has 1 unspecified atom stereocenters. The third-order valence-electron chi connectivity index (χ3n) is 4.81. The molecule has 148 valence electrons. The van der Waals surface area contributed by atoms with Gasteiger partial charge in [-0.15, -0.1) is 11.3 Å². The lowest BCUT2D eigenvalue weighted by molar-refractivity contribution is -0.136.